The minimum Gasteiger partial charge on any atom is -0.333 e. The number of carbonyl (C=O) groups excluding carboxylic acids is 1. The number of hydrogen-bond donors (Lipinski definition) is 2. The quantitative estimate of drug-likeness (QED) is 0.355. The summed E-state index contributed by atoms with van der Waals surface area (Å²) in [5.41, 5.74) is 0.836. The van der Waals surface area contributed by atoms with Gasteiger partial charge in [0.25, 0.3) is 11.5 Å². The summed E-state index contributed by atoms with van der Waals surface area (Å²) in [7, 11) is 1.52. The molecule has 2 aliphatic carbocycles. The first-order chi connectivity index (χ1) is 17.8. The molecule has 11 heteroatoms. The van der Waals surface area contributed by atoms with Crippen LogP contribution in [-0.2, 0) is 13.6 Å². The highest BCUT2D eigenvalue weighted by atomic mass is 32.1. The molecule has 2 unspecified atom stereocenters. The number of nitrogens with one attached hydrogen (secondary N) is 2. The van der Waals surface area contributed by atoms with Crippen LogP contribution < -0.4 is 16.2 Å². The fraction of sp³-hybridized carbons (Fsp3) is 0.308. The number of rotatable bonds is 6. The van der Waals surface area contributed by atoms with Gasteiger partial charge in [0, 0.05) is 36.4 Å². The summed E-state index contributed by atoms with van der Waals surface area (Å²) in [5, 5.41) is 9.50. The smallest absolute Gasteiger partial charge is 0.293 e. The number of aromatic nitrogens is 4. The van der Waals surface area contributed by atoms with Crippen LogP contribution in [0.3, 0.4) is 0 Å². The Bertz CT molecular complexity index is 1580. The topological polar surface area (TPSA) is 93.8 Å². The maximum absolute atomic E-state index is 15.6. The molecule has 37 heavy (non-hydrogen) atoms. The van der Waals surface area contributed by atoms with Crippen LogP contribution in [-0.4, -0.2) is 25.2 Å². The molecule has 3 aromatic heterocycles. The van der Waals surface area contributed by atoms with E-state index in [1.807, 2.05) is 13.0 Å². The van der Waals surface area contributed by atoms with Crippen LogP contribution in [0.2, 0.25) is 0 Å². The molecule has 2 aliphatic rings. The minimum absolute atomic E-state index is 0.0345. The first-order valence-corrected chi connectivity index (χ1v) is 12.9. The number of anilines is 3. The third-order valence-corrected chi connectivity index (χ3v) is 8.47. The molecule has 1 saturated carbocycles. The van der Waals surface area contributed by atoms with Crippen molar-refractivity contribution in [1.29, 1.82) is 0 Å². The molecule has 1 amide bonds. The van der Waals surface area contributed by atoms with E-state index in [9.17, 15) is 14.0 Å². The third kappa shape index (κ3) is 4.03. The van der Waals surface area contributed by atoms with Crippen LogP contribution >= 0.6 is 11.3 Å². The van der Waals surface area contributed by atoms with E-state index in [0.29, 0.717) is 28.9 Å². The number of thiophene rings is 1. The van der Waals surface area contributed by atoms with Crippen LogP contribution in [0.25, 0.3) is 11.3 Å². The molecule has 6 rings (SSSR count). The number of fused-ring (bicyclic) bond motifs is 5. The molecule has 190 valence electrons. The summed E-state index contributed by atoms with van der Waals surface area (Å²) in [6, 6.07) is 4.18. The van der Waals surface area contributed by atoms with Crippen molar-refractivity contribution in [2.45, 2.75) is 44.6 Å². The number of amides is 1. The standard InChI is InChI=1S/C26H24F2N6O2S/c1-3-34-11-15(10-29-34)30-24-26(36)33(2)12-19(31-24)16-6-7-18(27)22(21(16)28)32-25(35)20-9-17-13-4-5-14(8-13)23(17)37-20/h6-7,9-14H,3-5,8H2,1-2H3,(H,30,31)(H,32,35). The lowest BCUT2D eigenvalue weighted by Gasteiger charge is -2.12. The summed E-state index contributed by atoms with van der Waals surface area (Å²) >= 11 is 1.41. The minimum atomic E-state index is -0.964. The lowest BCUT2D eigenvalue weighted by atomic mass is 9.99. The van der Waals surface area contributed by atoms with E-state index in [1.165, 1.54) is 45.7 Å². The van der Waals surface area contributed by atoms with Crippen molar-refractivity contribution < 1.29 is 13.6 Å². The fourth-order valence-electron chi connectivity index (χ4n) is 5.27. The molecule has 4 aromatic rings. The monoisotopic (exact) mass is 522 g/mol. The van der Waals surface area contributed by atoms with Crippen molar-refractivity contribution in [1.82, 2.24) is 19.3 Å². The van der Waals surface area contributed by atoms with E-state index < -0.39 is 28.8 Å². The maximum atomic E-state index is 15.6. The molecular formula is C26H24F2N6O2S. The van der Waals surface area contributed by atoms with E-state index in [4.69, 9.17) is 0 Å². The second kappa shape index (κ2) is 8.91. The van der Waals surface area contributed by atoms with Crippen LogP contribution in [0.1, 0.15) is 58.1 Å². The fourth-order valence-corrected chi connectivity index (χ4v) is 6.56. The van der Waals surface area contributed by atoms with E-state index >= 15 is 4.39 Å². The summed E-state index contributed by atoms with van der Waals surface area (Å²) in [6.45, 7) is 2.58. The molecule has 8 nitrogen and oxygen atoms in total. The van der Waals surface area contributed by atoms with Crippen LogP contribution in [0, 0.1) is 11.6 Å². The Kier molecular flexibility index (Phi) is 5.67. The van der Waals surface area contributed by atoms with Crippen molar-refractivity contribution in [2.24, 2.45) is 7.05 Å². The first kappa shape index (κ1) is 23.5. The highest BCUT2D eigenvalue weighted by Gasteiger charge is 2.39. The van der Waals surface area contributed by atoms with Gasteiger partial charge in [0.2, 0.25) is 0 Å². The Morgan fingerprint density at radius 3 is 2.78 bits per heavy atom. The zero-order chi connectivity index (χ0) is 25.8. The lowest BCUT2D eigenvalue weighted by molar-refractivity contribution is 0.102. The van der Waals surface area contributed by atoms with Crippen molar-refractivity contribution in [3.05, 3.63) is 74.1 Å². The van der Waals surface area contributed by atoms with Gasteiger partial charge in [-0.05, 0) is 61.8 Å². The van der Waals surface area contributed by atoms with Crippen LogP contribution in [0.5, 0.6) is 0 Å². The Labute approximate surface area is 215 Å². The van der Waals surface area contributed by atoms with Gasteiger partial charge < -0.3 is 15.2 Å². The molecule has 2 N–H and O–H groups in total. The predicted molar refractivity (Wildman–Crippen MR) is 138 cm³/mol. The van der Waals surface area contributed by atoms with Crippen LogP contribution in [0.4, 0.5) is 26.0 Å². The average molecular weight is 523 g/mol. The molecule has 0 saturated heterocycles. The second-order valence-electron chi connectivity index (χ2n) is 9.48. The third-order valence-electron chi connectivity index (χ3n) is 7.15. The van der Waals surface area contributed by atoms with E-state index in [2.05, 4.69) is 20.7 Å². The van der Waals surface area contributed by atoms with Gasteiger partial charge in [-0.3, -0.25) is 14.3 Å². The molecule has 2 bridgehead atoms. The largest absolute Gasteiger partial charge is 0.333 e. The molecular weight excluding hydrogens is 498 g/mol. The Balaban J connectivity index is 1.31. The molecule has 2 atom stereocenters. The Hall–Kier alpha value is -3.86. The van der Waals surface area contributed by atoms with Gasteiger partial charge in [-0.25, -0.2) is 13.8 Å². The second-order valence-corrected chi connectivity index (χ2v) is 10.6. The maximum Gasteiger partial charge on any atom is 0.293 e. The van der Waals surface area contributed by atoms with Gasteiger partial charge >= 0.3 is 0 Å². The van der Waals surface area contributed by atoms with Gasteiger partial charge in [-0.2, -0.15) is 5.10 Å². The Morgan fingerprint density at radius 2 is 2.03 bits per heavy atom. The molecule has 0 aliphatic heterocycles. The summed E-state index contributed by atoms with van der Waals surface area (Å²) in [5.74, 6) is -1.45. The van der Waals surface area contributed by atoms with Gasteiger partial charge in [0.15, 0.2) is 11.6 Å². The van der Waals surface area contributed by atoms with E-state index in [0.717, 1.165) is 25.3 Å². The van der Waals surface area contributed by atoms with Crippen molar-refractivity contribution >= 4 is 34.4 Å². The molecule has 0 spiro atoms. The molecule has 0 radical (unpaired) electrons. The summed E-state index contributed by atoms with van der Waals surface area (Å²) < 4.78 is 33.3. The molecule has 1 aromatic carbocycles. The zero-order valence-electron chi connectivity index (χ0n) is 20.2. The van der Waals surface area contributed by atoms with Crippen molar-refractivity contribution in [2.75, 3.05) is 10.6 Å². The number of hydrogen-bond acceptors (Lipinski definition) is 6. The first-order valence-electron chi connectivity index (χ1n) is 12.1. The number of benzene rings is 1. The van der Waals surface area contributed by atoms with E-state index in [-0.39, 0.29) is 17.1 Å². The summed E-state index contributed by atoms with van der Waals surface area (Å²) in [4.78, 5) is 31.6. The SMILES string of the molecule is CCn1cc(Nc2nc(-c3ccc(F)c(NC(=O)c4cc5c(s4)C4CCC5C4)c3F)cn(C)c2=O)cn1. The van der Waals surface area contributed by atoms with Crippen molar-refractivity contribution in [3.8, 4) is 11.3 Å². The normalized spacial score (nSPS) is 17.7. The number of aryl methyl sites for hydroxylation is 2. The van der Waals surface area contributed by atoms with E-state index in [1.54, 1.807) is 17.1 Å². The zero-order valence-corrected chi connectivity index (χ0v) is 21.0. The van der Waals surface area contributed by atoms with Gasteiger partial charge in [-0.1, -0.05) is 0 Å². The van der Waals surface area contributed by atoms with Gasteiger partial charge in [-0.15, -0.1) is 11.3 Å². The van der Waals surface area contributed by atoms with Crippen LogP contribution in [0.15, 0.2) is 41.6 Å². The number of halogens is 2. The predicted octanol–water partition coefficient (Wildman–Crippen LogP) is 5.36. The average Bonchev–Trinajstić information content (AvgIpc) is 3.66. The van der Waals surface area contributed by atoms with Crippen molar-refractivity contribution in [3.63, 3.8) is 0 Å². The highest BCUT2D eigenvalue weighted by Crippen LogP contribution is 2.55. The molecule has 3 heterocycles. The Morgan fingerprint density at radius 1 is 1.22 bits per heavy atom. The van der Waals surface area contributed by atoms with Gasteiger partial charge in [0.05, 0.1) is 22.5 Å². The number of nitrogens with zero attached hydrogens (tertiary/aromatic N) is 4. The lowest BCUT2D eigenvalue weighted by Crippen LogP contribution is -2.21. The summed E-state index contributed by atoms with van der Waals surface area (Å²) in [6.07, 6.45) is 8.03. The molecule has 1 fully saturated rings. The highest BCUT2D eigenvalue weighted by molar-refractivity contribution is 7.14. The number of carbonyl (C=O) groups is 1. The van der Waals surface area contributed by atoms with Gasteiger partial charge in [0.1, 0.15) is 11.5 Å².